The maximum atomic E-state index is 12.6. The van der Waals surface area contributed by atoms with E-state index in [0.29, 0.717) is 6.42 Å². The number of nitrogens with one attached hydrogen (secondary N) is 1. The fourth-order valence-electron chi connectivity index (χ4n) is 3.30. The fraction of sp³-hybridized carbons (Fsp3) is 0.611. The normalized spacial score (nSPS) is 20.3. The Labute approximate surface area is 154 Å². The second-order valence-corrected chi connectivity index (χ2v) is 9.06. The summed E-state index contributed by atoms with van der Waals surface area (Å²) in [5, 5.41) is 21.8. The molecular weight excluding hydrogens is 356 g/mol. The van der Waals surface area contributed by atoms with Crippen molar-refractivity contribution in [1.29, 1.82) is 0 Å². The van der Waals surface area contributed by atoms with Crippen LogP contribution in [0.5, 0.6) is 0 Å². The Morgan fingerprint density at radius 2 is 2.15 bits per heavy atom. The minimum atomic E-state index is -3.11. The van der Waals surface area contributed by atoms with Crippen LogP contribution < -0.4 is 5.32 Å². The number of para-hydroxylation sites is 1. The second kappa shape index (κ2) is 8.94. The van der Waals surface area contributed by atoms with Gasteiger partial charge in [0.1, 0.15) is 0 Å². The van der Waals surface area contributed by atoms with Crippen molar-refractivity contribution in [3.63, 3.8) is 0 Å². The topological polar surface area (TPSA) is 107 Å². The van der Waals surface area contributed by atoms with Crippen LogP contribution in [0, 0.1) is 6.92 Å². The van der Waals surface area contributed by atoms with Crippen LogP contribution in [0.15, 0.2) is 18.2 Å². The predicted octanol–water partition coefficient (Wildman–Crippen LogP) is 0.338. The molecule has 2 unspecified atom stereocenters. The van der Waals surface area contributed by atoms with E-state index in [4.69, 9.17) is 5.11 Å². The maximum absolute atomic E-state index is 12.6. The summed E-state index contributed by atoms with van der Waals surface area (Å²) in [6.07, 6.45) is 0.194. The Morgan fingerprint density at radius 1 is 1.42 bits per heavy atom. The van der Waals surface area contributed by atoms with Gasteiger partial charge in [-0.3, -0.25) is 9.69 Å². The molecule has 8 heteroatoms. The first-order chi connectivity index (χ1) is 12.3. The molecule has 0 aromatic heterocycles. The number of anilines is 1. The second-order valence-electron chi connectivity index (χ2n) is 6.83. The molecule has 146 valence electrons. The maximum Gasteiger partial charge on any atom is 0.238 e. The predicted molar refractivity (Wildman–Crippen MR) is 101 cm³/mol. The zero-order chi connectivity index (χ0) is 19.3. The van der Waals surface area contributed by atoms with E-state index in [1.54, 1.807) is 4.90 Å². The van der Waals surface area contributed by atoms with Crippen molar-refractivity contribution in [3.05, 3.63) is 29.3 Å². The number of benzene rings is 1. The molecule has 1 amide bonds. The molecular formula is C18H28N2O5S. The van der Waals surface area contributed by atoms with Crippen molar-refractivity contribution < 1.29 is 23.4 Å². The standard InChI is InChI=1S/C18H28N2O5S/c1-3-14-6-4-5-13(2)18(14)19-17(23)10-20(9-16(22)11-21)15-7-8-26(24,25)12-15/h4-6,15-16,21-22H,3,7-12H2,1-2H3,(H,19,23). The van der Waals surface area contributed by atoms with Gasteiger partial charge in [-0.1, -0.05) is 25.1 Å². The quantitative estimate of drug-likeness (QED) is 0.597. The van der Waals surface area contributed by atoms with Crippen molar-refractivity contribution in [2.75, 3.05) is 36.5 Å². The van der Waals surface area contributed by atoms with Gasteiger partial charge in [0.15, 0.2) is 9.84 Å². The largest absolute Gasteiger partial charge is 0.394 e. The molecule has 0 bridgehead atoms. The monoisotopic (exact) mass is 384 g/mol. The molecule has 0 radical (unpaired) electrons. The number of hydrogen-bond donors (Lipinski definition) is 3. The van der Waals surface area contributed by atoms with Gasteiger partial charge in [0.2, 0.25) is 5.91 Å². The zero-order valence-corrected chi connectivity index (χ0v) is 16.1. The van der Waals surface area contributed by atoms with Crippen LogP contribution in [0.25, 0.3) is 0 Å². The van der Waals surface area contributed by atoms with Crippen LogP contribution in [-0.4, -0.2) is 72.8 Å². The minimum Gasteiger partial charge on any atom is -0.394 e. The van der Waals surface area contributed by atoms with Gasteiger partial charge in [-0.15, -0.1) is 0 Å². The summed E-state index contributed by atoms with van der Waals surface area (Å²) in [7, 11) is -3.11. The molecule has 7 nitrogen and oxygen atoms in total. The summed E-state index contributed by atoms with van der Waals surface area (Å²) < 4.78 is 23.5. The fourth-order valence-corrected chi connectivity index (χ4v) is 5.06. The van der Waals surface area contributed by atoms with Crippen LogP contribution in [0.1, 0.15) is 24.5 Å². The van der Waals surface area contributed by atoms with E-state index in [1.807, 2.05) is 32.0 Å². The lowest BCUT2D eigenvalue weighted by molar-refractivity contribution is -0.118. The average molecular weight is 384 g/mol. The third-order valence-corrected chi connectivity index (χ3v) is 6.48. The molecule has 2 atom stereocenters. The molecule has 1 saturated heterocycles. The molecule has 1 heterocycles. The number of aliphatic hydroxyl groups excluding tert-OH is 2. The van der Waals surface area contributed by atoms with Crippen molar-refractivity contribution in [2.45, 2.75) is 38.8 Å². The third-order valence-electron chi connectivity index (χ3n) is 4.73. The minimum absolute atomic E-state index is 0.0248. The van der Waals surface area contributed by atoms with Crippen molar-refractivity contribution in [1.82, 2.24) is 4.90 Å². The zero-order valence-electron chi connectivity index (χ0n) is 15.3. The van der Waals surface area contributed by atoms with E-state index >= 15 is 0 Å². The Morgan fingerprint density at radius 3 is 2.73 bits per heavy atom. The summed E-state index contributed by atoms with van der Waals surface area (Å²) in [5.41, 5.74) is 2.77. The molecule has 1 aliphatic heterocycles. The summed E-state index contributed by atoms with van der Waals surface area (Å²) in [6.45, 7) is 3.52. The summed E-state index contributed by atoms with van der Waals surface area (Å²) in [4.78, 5) is 14.2. The first-order valence-electron chi connectivity index (χ1n) is 8.87. The van der Waals surface area contributed by atoms with Gasteiger partial charge in [0.25, 0.3) is 0 Å². The third kappa shape index (κ3) is 5.51. The number of carbonyl (C=O) groups excluding carboxylic acids is 1. The molecule has 1 aromatic carbocycles. The lowest BCUT2D eigenvalue weighted by atomic mass is 10.1. The van der Waals surface area contributed by atoms with E-state index in [1.165, 1.54) is 0 Å². The van der Waals surface area contributed by atoms with Gasteiger partial charge in [-0.25, -0.2) is 8.42 Å². The number of hydrogen-bond acceptors (Lipinski definition) is 6. The number of sulfone groups is 1. The number of rotatable bonds is 8. The highest BCUT2D eigenvalue weighted by Gasteiger charge is 2.34. The van der Waals surface area contributed by atoms with Gasteiger partial charge in [-0.2, -0.15) is 0 Å². The summed E-state index contributed by atoms with van der Waals surface area (Å²) in [5.74, 6) is -0.199. The average Bonchev–Trinajstić information content (AvgIpc) is 2.95. The van der Waals surface area contributed by atoms with Crippen molar-refractivity contribution >= 4 is 21.4 Å². The number of amides is 1. The Balaban J connectivity index is 2.11. The van der Waals surface area contributed by atoms with Crippen LogP contribution in [-0.2, 0) is 21.1 Å². The number of nitrogens with zero attached hydrogens (tertiary/aromatic N) is 1. The molecule has 1 fully saturated rings. The van der Waals surface area contributed by atoms with Crippen LogP contribution >= 0.6 is 0 Å². The Bertz CT molecular complexity index is 735. The van der Waals surface area contributed by atoms with Gasteiger partial charge in [-0.05, 0) is 30.9 Å². The summed E-state index contributed by atoms with van der Waals surface area (Å²) in [6, 6.07) is 5.50. The number of aryl methyl sites for hydroxylation is 2. The molecule has 3 N–H and O–H groups in total. The van der Waals surface area contributed by atoms with Crippen molar-refractivity contribution in [3.8, 4) is 0 Å². The van der Waals surface area contributed by atoms with Crippen LogP contribution in [0.4, 0.5) is 5.69 Å². The molecule has 1 aromatic rings. The lowest BCUT2D eigenvalue weighted by Gasteiger charge is -2.29. The summed E-state index contributed by atoms with van der Waals surface area (Å²) >= 11 is 0. The van der Waals surface area contributed by atoms with Crippen LogP contribution in [0.3, 0.4) is 0 Å². The van der Waals surface area contributed by atoms with Crippen LogP contribution in [0.2, 0.25) is 0 Å². The highest BCUT2D eigenvalue weighted by atomic mass is 32.2. The number of aliphatic hydroxyl groups is 2. The highest BCUT2D eigenvalue weighted by Crippen LogP contribution is 2.22. The highest BCUT2D eigenvalue weighted by molar-refractivity contribution is 7.91. The van der Waals surface area contributed by atoms with E-state index in [0.717, 1.165) is 23.2 Å². The Kier molecular flexibility index (Phi) is 7.16. The molecule has 26 heavy (non-hydrogen) atoms. The molecule has 2 rings (SSSR count). The first kappa shape index (κ1) is 20.8. The lowest BCUT2D eigenvalue weighted by Crippen LogP contribution is -2.46. The Hall–Kier alpha value is -1.48. The van der Waals surface area contributed by atoms with E-state index in [-0.39, 0.29) is 36.5 Å². The molecule has 1 aliphatic rings. The van der Waals surface area contributed by atoms with Gasteiger partial charge in [0.05, 0.1) is 30.8 Å². The van der Waals surface area contributed by atoms with Gasteiger partial charge in [0, 0.05) is 18.3 Å². The molecule has 0 aliphatic carbocycles. The van der Waals surface area contributed by atoms with E-state index in [9.17, 15) is 18.3 Å². The van der Waals surface area contributed by atoms with E-state index in [2.05, 4.69) is 5.32 Å². The van der Waals surface area contributed by atoms with Crippen molar-refractivity contribution in [2.24, 2.45) is 0 Å². The first-order valence-corrected chi connectivity index (χ1v) is 10.7. The molecule has 0 saturated carbocycles. The molecule has 0 spiro atoms. The SMILES string of the molecule is CCc1cccc(C)c1NC(=O)CN(CC(O)CO)C1CCS(=O)(=O)C1. The smallest absolute Gasteiger partial charge is 0.238 e. The van der Waals surface area contributed by atoms with Gasteiger partial charge >= 0.3 is 0 Å². The van der Waals surface area contributed by atoms with Gasteiger partial charge < -0.3 is 15.5 Å². The number of carbonyl (C=O) groups is 1. The van der Waals surface area contributed by atoms with E-state index < -0.39 is 22.5 Å².